The topological polar surface area (TPSA) is 102 Å². The van der Waals surface area contributed by atoms with Crippen LogP contribution in [-0.2, 0) is 13.1 Å². The van der Waals surface area contributed by atoms with Crippen molar-refractivity contribution in [3.8, 4) is 0 Å². The van der Waals surface area contributed by atoms with Gasteiger partial charge < -0.3 is 10.2 Å². The second kappa shape index (κ2) is 6.50. The van der Waals surface area contributed by atoms with Crippen molar-refractivity contribution in [1.29, 1.82) is 0 Å². The van der Waals surface area contributed by atoms with Crippen LogP contribution in [0.3, 0.4) is 0 Å². The van der Waals surface area contributed by atoms with Crippen molar-refractivity contribution in [2.45, 2.75) is 26.9 Å². The predicted octanol–water partition coefficient (Wildman–Crippen LogP) is -0.428. The van der Waals surface area contributed by atoms with Crippen LogP contribution in [-0.4, -0.2) is 56.2 Å². The molecular weight excluding hydrogens is 324 g/mol. The summed E-state index contributed by atoms with van der Waals surface area (Å²) in [5, 5.41) is 6.91. The van der Waals surface area contributed by atoms with Crippen LogP contribution in [0, 0.1) is 13.8 Å². The van der Waals surface area contributed by atoms with E-state index in [9.17, 15) is 14.4 Å². The van der Waals surface area contributed by atoms with E-state index >= 15 is 0 Å². The van der Waals surface area contributed by atoms with Crippen LogP contribution in [0.25, 0.3) is 0 Å². The molecule has 0 atom stereocenters. The Morgan fingerprint density at radius 3 is 2.72 bits per heavy atom. The minimum atomic E-state index is -0.372. The minimum Gasteiger partial charge on any atom is -0.349 e. The first-order valence-corrected chi connectivity index (χ1v) is 8.03. The molecule has 0 unspecified atom stereocenters. The van der Waals surface area contributed by atoms with Crippen molar-refractivity contribution in [1.82, 2.24) is 29.5 Å². The van der Waals surface area contributed by atoms with E-state index in [1.165, 1.54) is 10.6 Å². The number of rotatable bonds is 4. The zero-order valence-corrected chi connectivity index (χ0v) is 14.4. The Bertz CT molecular complexity index is 898. The monoisotopic (exact) mass is 344 g/mol. The molecule has 0 aromatic carbocycles. The highest BCUT2D eigenvalue weighted by molar-refractivity contribution is 5.98. The van der Waals surface area contributed by atoms with Gasteiger partial charge in [0.05, 0.1) is 6.54 Å². The van der Waals surface area contributed by atoms with Gasteiger partial charge in [0.25, 0.3) is 11.8 Å². The molecule has 0 aliphatic carbocycles. The van der Waals surface area contributed by atoms with Crippen molar-refractivity contribution >= 4 is 11.8 Å². The standard InChI is InChI=1S/C16H20N6O3/c1-10-8-11(2)21(16(25)18-10)5-4-17-14(23)12-9-13-15(24)20(3)6-7-22(13)19-12/h8-9H,4-7H2,1-3H3,(H,17,23). The molecule has 0 saturated heterocycles. The van der Waals surface area contributed by atoms with E-state index in [1.54, 1.807) is 23.6 Å². The van der Waals surface area contributed by atoms with E-state index in [0.29, 0.717) is 31.0 Å². The molecule has 2 aromatic heterocycles. The Labute approximate surface area is 144 Å². The maximum atomic E-state index is 12.3. The number of carbonyl (C=O) groups is 2. The highest BCUT2D eigenvalue weighted by atomic mass is 16.2. The van der Waals surface area contributed by atoms with Gasteiger partial charge in [-0.3, -0.25) is 18.8 Å². The zero-order chi connectivity index (χ0) is 18.1. The van der Waals surface area contributed by atoms with Gasteiger partial charge in [0, 0.05) is 44.1 Å². The average Bonchev–Trinajstić information content (AvgIpc) is 2.98. The molecule has 2 aromatic rings. The first-order valence-electron chi connectivity index (χ1n) is 8.03. The summed E-state index contributed by atoms with van der Waals surface area (Å²) in [6.45, 7) is 5.30. The normalized spacial score (nSPS) is 13.7. The van der Waals surface area contributed by atoms with Crippen molar-refractivity contribution in [2.24, 2.45) is 0 Å². The summed E-state index contributed by atoms with van der Waals surface area (Å²) >= 11 is 0. The SMILES string of the molecule is Cc1cc(C)n(CCNC(=O)c2cc3n(n2)CCN(C)C3=O)c(=O)n1. The summed E-state index contributed by atoms with van der Waals surface area (Å²) in [5.74, 6) is -0.520. The van der Waals surface area contributed by atoms with Crippen molar-refractivity contribution in [2.75, 3.05) is 20.1 Å². The molecule has 3 rings (SSSR count). The first-order chi connectivity index (χ1) is 11.9. The highest BCUT2D eigenvalue weighted by Crippen LogP contribution is 2.12. The van der Waals surface area contributed by atoms with Crippen LogP contribution in [0.15, 0.2) is 16.9 Å². The molecule has 1 aliphatic rings. The largest absolute Gasteiger partial charge is 0.349 e. The number of aromatic nitrogens is 4. The first kappa shape index (κ1) is 16.9. The molecule has 1 N–H and O–H groups in total. The van der Waals surface area contributed by atoms with Crippen molar-refractivity contribution < 1.29 is 9.59 Å². The number of carbonyl (C=O) groups excluding carboxylic acids is 2. The number of fused-ring (bicyclic) bond motifs is 1. The Morgan fingerprint density at radius 1 is 1.24 bits per heavy atom. The van der Waals surface area contributed by atoms with Crippen molar-refractivity contribution in [3.05, 3.63) is 45.4 Å². The van der Waals surface area contributed by atoms with Crippen LogP contribution in [0.5, 0.6) is 0 Å². The molecule has 0 radical (unpaired) electrons. The van der Waals surface area contributed by atoms with Gasteiger partial charge in [0.15, 0.2) is 5.69 Å². The average molecular weight is 344 g/mol. The van der Waals surface area contributed by atoms with E-state index in [4.69, 9.17) is 0 Å². The van der Waals surface area contributed by atoms with Gasteiger partial charge in [-0.1, -0.05) is 0 Å². The van der Waals surface area contributed by atoms with Crippen LogP contribution < -0.4 is 11.0 Å². The van der Waals surface area contributed by atoms with Gasteiger partial charge in [0.2, 0.25) is 0 Å². The third kappa shape index (κ3) is 3.30. The highest BCUT2D eigenvalue weighted by Gasteiger charge is 2.25. The lowest BCUT2D eigenvalue weighted by Crippen LogP contribution is -2.37. The van der Waals surface area contributed by atoms with Gasteiger partial charge in [-0.15, -0.1) is 0 Å². The van der Waals surface area contributed by atoms with E-state index in [2.05, 4.69) is 15.4 Å². The lowest BCUT2D eigenvalue weighted by molar-refractivity contribution is 0.0742. The van der Waals surface area contributed by atoms with Gasteiger partial charge >= 0.3 is 5.69 Å². The number of hydrogen-bond donors (Lipinski definition) is 1. The molecular formula is C16H20N6O3. The fraction of sp³-hybridized carbons (Fsp3) is 0.438. The molecule has 3 heterocycles. The third-order valence-electron chi connectivity index (χ3n) is 4.19. The molecule has 25 heavy (non-hydrogen) atoms. The maximum absolute atomic E-state index is 12.3. The number of hydrogen-bond acceptors (Lipinski definition) is 5. The Hall–Kier alpha value is -2.97. The Morgan fingerprint density at radius 2 is 2.00 bits per heavy atom. The summed E-state index contributed by atoms with van der Waals surface area (Å²) in [6, 6.07) is 3.31. The second-order valence-electron chi connectivity index (χ2n) is 6.09. The number of nitrogens with zero attached hydrogens (tertiary/aromatic N) is 5. The zero-order valence-electron chi connectivity index (χ0n) is 14.4. The van der Waals surface area contributed by atoms with Crippen LogP contribution >= 0.6 is 0 Å². The quantitative estimate of drug-likeness (QED) is 0.811. The summed E-state index contributed by atoms with van der Waals surface area (Å²) in [7, 11) is 1.72. The minimum absolute atomic E-state index is 0.147. The van der Waals surface area contributed by atoms with Gasteiger partial charge in [0.1, 0.15) is 5.69 Å². The van der Waals surface area contributed by atoms with Gasteiger partial charge in [-0.2, -0.15) is 10.1 Å². The van der Waals surface area contributed by atoms with Crippen LogP contribution in [0.2, 0.25) is 0 Å². The molecule has 0 spiro atoms. The summed E-state index contributed by atoms with van der Waals surface area (Å²) in [6.07, 6.45) is 0. The number of likely N-dealkylation sites (N-methyl/N-ethyl adjacent to an activating group) is 1. The third-order valence-corrected chi connectivity index (χ3v) is 4.19. The van der Waals surface area contributed by atoms with Crippen LogP contribution in [0.4, 0.5) is 0 Å². The van der Waals surface area contributed by atoms with Gasteiger partial charge in [-0.25, -0.2) is 4.79 Å². The molecule has 0 fully saturated rings. The molecule has 2 amide bonds. The maximum Gasteiger partial charge on any atom is 0.348 e. The summed E-state index contributed by atoms with van der Waals surface area (Å²) in [4.78, 5) is 41.7. The molecule has 9 nitrogen and oxygen atoms in total. The molecule has 132 valence electrons. The molecule has 0 bridgehead atoms. The van der Waals surface area contributed by atoms with E-state index in [1.807, 2.05) is 13.0 Å². The van der Waals surface area contributed by atoms with E-state index < -0.39 is 0 Å². The fourth-order valence-electron chi connectivity index (χ4n) is 2.83. The number of aryl methyl sites for hydroxylation is 2. The number of nitrogens with one attached hydrogen (secondary N) is 1. The molecule has 1 aliphatic heterocycles. The van der Waals surface area contributed by atoms with E-state index in [0.717, 1.165) is 5.69 Å². The second-order valence-corrected chi connectivity index (χ2v) is 6.09. The van der Waals surface area contributed by atoms with Gasteiger partial charge in [-0.05, 0) is 19.9 Å². The Kier molecular flexibility index (Phi) is 4.39. The Balaban J connectivity index is 1.65. The number of amides is 2. The summed E-state index contributed by atoms with van der Waals surface area (Å²) < 4.78 is 3.06. The van der Waals surface area contributed by atoms with Crippen molar-refractivity contribution in [3.63, 3.8) is 0 Å². The molecule has 0 saturated carbocycles. The lowest BCUT2D eigenvalue weighted by atomic mass is 10.2. The fourth-order valence-corrected chi connectivity index (χ4v) is 2.83. The summed E-state index contributed by atoms with van der Waals surface area (Å²) in [5.41, 5.74) is 1.73. The van der Waals surface area contributed by atoms with E-state index in [-0.39, 0.29) is 29.7 Å². The smallest absolute Gasteiger partial charge is 0.348 e. The molecule has 9 heteroatoms. The van der Waals surface area contributed by atoms with Crippen LogP contribution in [0.1, 0.15) is 32.4 Å². The predicted molar refractivity (Wildman–Crippen MR) is 89.5 cm³/mol. The lowest BCUT2D eigenvalue weighted by Gasteiger charge is -2.22.